The van der Waals surface area contributed by atoms with Crippen LogP contribution >= 0.6 is 0 Å². The van der Waals surface area contributed by atoms with Gasteiger partial charge in [0, 0.05) is 18.9 Å². The highest BCUT2D eigenvalue weighted by molar-refractivity contribution is 6.04. The van der Waals surface area contributed by atoms with Gasteiger partial charge in [-0.15, -0.1) is 0 Å². The fraction of sp³-hybridized carbons (Fsp3) is 0.727. The predicted octanol–water partition coefficient (Wildman–Crippen LogP) is 0.997. The summed E-state index contributed by atoms with van der Waals surface area (Å²) in [6.07, 6.45) is 2.47. The molecule has 0 saturated carbocycles. The van der Waals surface area contributed by atoms with E-state index in [1.165, 1.54) is 7.05 Å². The Morgan fingerprint density at radius 2 is 2.13 bits per heavy atom. The maximum absolute atomic E-state index is 11.7. The number of hydrogen-bond donors (Lipinski definition) is 0. The average molecular weight is 211 g/mol. The van der Waals surface area contributed by atoms with Crippen molar-refractivity contribution in [2.75, 3.05) is 7.05 Å². The van der Waals surface area contributed by atoms with Crippen molar-refractivity contribution in [1.82, 2.24) is 4.90 Å². The van der Waals surface area contributed by atoms with Crippen LogP contribution in [0.2, 0.25) is 0 Å². The Balaban J connectivity index is 2.92. The fourth-order valence-electron chi connectivity index (χ4n) is 2.12. The van der Waals surface area contributed by atoms with Crippen molar-refractivity contribution in [2.45, 2.75) is 33.1 Å². The van der Waals surface area contributed by atoms with E-state index in [0.29, 0.717) is 6.42 Å². The molecule has 4 nitrogen and oxygen atoms in total. The van der Waals surface area contributed by atoms with E-state index >= 15 is 0 Å². The second-order valence-corrected chi connectivity index (χ2v) is 4.42. The summed E-state index contributed by atoms with van der Waals surface area (Å²) >= 11 is 0. The number of carbonyl (C=O) groups excluding carboxylic acids is 3. The Kier molecular flexibility index (Phi) is 3.27. The monoisotopic (exact) mass is 211 g/mol. The van der Waals surface area contributed by atoms with E-state index in [4.69, 9.17) is 0 Å². The smallest absolute Gasteiger partial charge is 0.233 e. The molecular weight excluding hydrogens is 194 g/mol. The lowest BCUT2D eigenvalue weighted by molar-refractivity contribution is -0.140. The number of amides is 2. The first-order valence-corrected chi connectivity index (χ1v) is 5.23. The predicted molar refractivity (Wildman–Crippen MR) is 55.0 cm³/mol. The van der Waals surface area contributed by atoms with Crippen molar-refractivity contribution in [3.8, 4) is 0 Å². The minimum Gasteiger partial charge on any atom is -0.303 e. The van der Waals surface area contributed by atoms with Crippen LogP contribution in [0.15, 0.2) is 0 Å². The molecule has 0 bridgehead atoms. The summed E-state index contributed by atoms with van der Waals surface area (Å²) in [6.45, 7) is 3.73. The van der Waals surface area contributed by atoms with Crippen LogP contribution < -0.4 is 0 Å². The van der Waals surface area contributed by atoms with Gasteiger partial charge in [0.25, 0.3) is 0 Å². The van der Waals surface area contributed by atoms with Gasteiger partial charge in [0.15, 0.2) is 0 Å². The fourth-order valence-corrected chi connectivity index (χ4v) is 2.12. The number of carbonyl (C=O) groups is 3. The topological polar surface area (TPSA) is 54.5 Å². The first-order chi connectivity index (χ1) is 6.96. The summed E-state index contributed by atoms with van der Waals surface area (Å²) < 4.78 is 0. The molecule has 84 valence electrons. The van der Waals surface area contributed by atoms with E-state index in [1.54, 1.807) is 6.92 Å². The molecule has 1 aliphatic rings. The summed E-state index contributed by atoms with van der Waals surface area (Å²) in [5.74, 6) is -0.871. The number of aldehydes is 1. The van der Waals surface area contributed by atoms with Gasteiger partial charge in [-0.2, -0.15) is 0 Å². The number of imide groups is 1. The molecule has 0 radical (unpaired) electrons. The van der Waals surface area contributed by atoms with Crippen LogP contribution in [0, 0.1) is 11.3 Å². The molecule has 1 heterocycles. The van der Waals surface area contributed by atoms with E-state index in [2.05, 4.69) is 0 Å². The van der Waals surface area contributed by atoms with Crippen LogP contribution in [0.5, 0.6) is 0 Å². The van der Waals surface area contributed by atoms with Crippen molar-refractivity contribution in [3.63, 3.8) is 0 Å². The highest BCUT2D eigenvalue weighted by atomic mass is 16.2. The maximum Gasteiger partial charge on any atom is 0.233 e. The molecule has 4 heteroatoms. The van der Waals surface area contributed by atoms with Gasteiger partial charge < -0.3 is 4.79 Å². The lowest BCUT2D eigenvalue weighted by Crippen LogP contribution is -2.35. The van der Waals surface area contributed by atoms with Crippen LogP contribution in [0.4, 0.5) is 0 Å². The maximum atomic E-state index is 11.7. The number of rotatable bonds is 4. The minimum absolute atomic E-state index is 0.171. The standard InChI is InChI=1S/C11H17NO3/c1-4-5-11(2,7-13)8-6-9(14)12(3)10(8)15/h7-8H,4-6H2,1-3H3. The largest absolute Gasteiger partial charge is 0.303 e. The summed E-state index contributed by atoms with van der Waals surface area (Å²) in [5.41, 5.74) is -0.688. The molecule has 2 unspecified atom stereocenters. The molecule has 0 N–H and O–H groups in total. The normalized spacial score (nSPS) is 25.5. The van der Waals surface area contributed by atoms with Crippen LogP contribution in [-0.4, -0.2) is 30.0 Å². The van der Waals surface area contributed by atoms with E-state index in [9.17, 15) is 14.4 Å². The van der Waals surface area contributed by atoms with Gasteiger partial charge in [-0.25, -0.2) is 0 Å². The van der Waals surface area contributed by atoms with Gasteiger partial charge in [0.05, 0.1) is 5.92 Å². The SMILES string of the molecule is CCCC(C)(C=O)C1CC(=O)N(C)C1=O. The van der Waals surface area contributed by atoms with E-state index in [1.807, 2.05) is 6.92 Å². The molecule has 0 spiro atoms. The second-order valence-electron chi connectivity index (χ2n) is 4.42. The van der Waals surface area contributed by atoms with Gasteiger partial charge in [-0.05, 0) is 6.42 Å². The molecule has 1 fully saturated rings. The summed E-state index contributed by atoms with van der Waals surface area (Å²) in [6, 6.07) is 0. The number of likely N-dealkylation sites (tertiary alicyclic amines) is 1. The van der Waals surface area contributed by atoms with E-state index in [-0.39, 0.29) is 18.2 Å². The zero-order chi connectivity index (χ0) is 11.6. The van der Waals surface area contributed by atoms with Gasteiger partial charge in [-0.3, -0.25) is 14.5 Å². The Hall–Kier alpha value is -1.19. The number of hydrogen-bond acceptors (Lipinski definition) is 3. The minimum atomic E-state index is -0.688. The summed E-state index contributed by atoms with van der Waals surface area (Å²) in [5, 5.41) is 0. The summed E-state index contributed by atoms with van der Waals surface area (Å²) in [7, 11) is 1.47. The lowest BCUT2D eigenvalue weighted by Gasteiger charge is -2.27. The lowest BCUT2D eigenvalue weighted by atomic mass is 9.74. The molecule has 0 aromatic rings. The van der Waals surface area contributed by atoms with Gasteiger partial charge in [0.1, 0.15) is 6.29 Å². The van der Waals surface area contributed by atoms with Gasteiger partial charge in [0.2, 0.25) is 11.8 Å². The van der Waals surface area contributed by atoms with Crippen LogP contribution in [-0.2, 0) is 14.4 Å². The molecule has 1 rings (SSSR count). The Morgan fingerprint density at radius 3 is 2.47 bits per heavy atom. The zero-order valence-electron chi connectivity index (χ0n) is 9.45. The highest BCUT2D eigenvalue weighted by Crippen LogP contribution is 2.37. The molecule has 1 aliphatic heterocycles. The molecule has 0 aromatic heterocycles. The zero-order valence-corrected chi connectivity index (χ0v) is 9.45. The van der Waals surface area contributed by atoms with Crippen molar-refractivity contribution in [3.05, 3.63) is 0 Å². The Bertz CT molecular complexity index is 300. The molecule has 0 aromatic carbocycles. The first kappa shape index (κ1) is 11.9. The molecule has 0 aliphatic carbocycles. The van der Waals surface area contributed by atoms with Crippen LogP contribution in [0.3, 0.4) is 0 Å². The summed E-state index contributed by atoms with van der Waals surface area (Å²) in [4.78, 5) is 35.3. The van der Waals surface area contributed by atoms with Crippen molar-refractivity contribution < 1.29 is 14.4 Å². The molecule has 2 atom stereocenters. The molecule has 1 saturated heterocycles. The van der Waals surface area contributed by atoms with Gasteiger partial charge in [-0.1, -0.05) is 20.3 Å². The van der Waals surface area contributed by atoms with Crippen molar-refractivity contribution >= 4 is 18.1 Å². The third kappa shape index (κ3) is 1.94. The Morgan fingerprint density at radius 1 is 1.53 bits per heavy atom. The quantitative estimate of drug-likeness (QED) is 0.515. The van der Waals surface area contributed by atoms with Gasteiger partial charge >= 0.3 is 0 Å². The van der Waals surface area contributed by atoms with Crippen LogP contribution in [0.1, 0.15) is 33.1 Å². The van der Waals surface area contributed by atoms with E-state index in [0.717, 1.165) is 17.6 Å². The highest BCUT2D eigenvalue weighted by Gasteiger charge is 2.46. The molecule has 15 heavy (non-hydrogen) atoms. The first-order valence-electron chi connectivity index (χ1n) is 5.23. The molecular formula is C11H17NO3. The number of nitrogens with zero attached hydrogens (tertiary/aromatic N) is 1. The van der Waals surface area contributed by atoms with E-state index < -0.39 is 11.3 Å². The average Bonchev–Trinajstić information content (AvgIpc) is 2.47. The van der Waals surface area contributed by atoms with Crippen molar-refractivity contribution in [1.29, 1.82) is 0 Å². The molecule has 2 amide bonds. The Labute approximate surface area is 89.6 Å². The second kappa shape index (κ2) is 4.13. The van der Waals surface area contributed by atoms with Crippen molar-refractivity contribution in [2.24, 2.45) is 11.3 Å². The third-order valence-electron chi connectivity index (χ3n) is 3.24. The third-order valence-corrected chi connectivity index (χ3v) is 3.24. The van der Waals surface area contributed by atoms with Crippen LogP contribution in [0.25, 0.3) is 0 Å².